The van der Waals surface area contributed by atoms with E-state index in [9.17, 15) is 10.2 Å². The molecule has 0 aromatic heterocycles. The van der Waals surface area contributed by atoms with E-state index >= 15 is 0 Å². The highest BCUT2D eigenvalue weighted by Crippen LogP contribution is 2.31. The van der Waals surface area contributed by atoms with Gasteiger partial charge in [0.15, 0.2) is 6.29 Å². The molecule has 0 aromatic rings. The lowest BCUT2D eigenvalue weighted by atomic mass is 9.85. The van der Waals surface area contributed by atoms with Gasteiger partial charge in [-0.1, -0.05) is 6.42 Å². The number of hydrogen-bond acceptors (Lipinski definition) is 5. The molecule has 0 saturated carbocycles. The van der Waals surface area contributed by atoms with E-state index in [2.05, 4.69) is 0 Å². The largest absolute Gasteiger partial charge is 0.394 e. The maximum atomic E-state index is 9.88. The molecule has 3 N–H and O–H groups in total. The van der Waals surface area contributed by atoms with Gasteiger partial charge in [0.05, 0.1) is 18.8 Å². The summed E-state index contributed by atoms with van der Waals surface area (Å²) in [5.74, 6) is -0.192. The Balaban J connectivity index is 2.16. The monoisotopic (exact) mass is 218 g/mol. The first-order chi connectivity index (χ1) is 7.24. The van der Waals surface area contributed by atoms with Crippen molar-refractivity contribution in [1.29, 1.82) is 0 Å². The Morgan fingerprint density at radius 1 is 1.13 bits per heavy atom. The Bertz CT molecular complexity index is 206. The summed E-state index contributed by atoms with van der Waals surface area (Å²) >= 11 is 0. The van der Waals surface area contributed by atoms with Crippen LogP contribution in [0.25, 0.3) is 0 Å². The van der Waals surface area contributed by atoms with Crippen LogP contribution in [0.2, 0.25) is 0 Å². The predicted molar refractivity (Wildman–Crippen MR) is 51.1 cm³/mol. The first-order valence-corrected chi connectivity index (χ1v) is 5.48. The predicted octanol–water partition coefficient (Wildman–Crippen LogP) is -0.758. The van der Waals surface area contributed by atoms with Crippen molar-refractivity contribution < 1.29 is 24.8 Å². The summed E-state index contributed by atoms with van der Waals surface area (Å²) in [6.07, 6.45) is -0.526. The number of aliphatic hydroxyl groups excluding tert-OH is 3. The van der Waals surface area contributed by atoms with Gasteiger partial charge in [-0.2, -0.15) is 0 Å². The Morgan fingerprint density at radius 2 is 1.93 bits per heavy atom. The summed E-state index contributed by atoms with van der Waals surface area (Å²) in [5.41, 5.74) is 0. The minimum absolute atomic E-state index is 0.145. The summed E-state index contributed by atoms with van der Waals surface area (Å²) in [7, 11) is 0. The maximum absolute atomic E-state index is 9.88. The lowest BCUT2D eigenvalue weighted by Crippen LogP contribution is -2.55. The Morgan fingerprint density at radius 3 is 2.67 bits per heavy atom. The van der Waals surface area contributed by atoms with Gasteiger partial charge >= 0.3 is 0 Å². The standard InChI is InChI=1S/C10H18O5/c11-5-7-6-3-1-2-4-14-10(15-7)9(13)8(6)12/h6-13H,1-5H2/t6?,7-,8+,9-,10?/m1/s1. The molecule has 88 valence electrons. The van der Waals surface area contributed by atoms with E-state index in [-0.39, 0.29) is 12.5 Å². The van der Waals surface area contributed by atoms with Gasteiger partial charge in [-0.05, 0) is 12.8 Å². The second-order valence-electron chi connectivity index (χ2n) is 4.24. The molecule has 5 heteroatoms. The van der Waals surface area contributed by atoms with Crippen LogP contribution in [-0.4, -0.2) is 53.1 Å². The van der Waals surface area contributed by atoms with Crippen LogP contribution >= 0.6 is 0 Å². The third-order valence-electron chi connectivity index (χ3n) is 3.25. The molecule has 3 aliphatic rings. The molecule has 3 heterocycles. The minimum atomic E-state index is -1.00. The molecule has 0 spiro atoms. The lowest BCUT2D eigenvalue weighted by Gasteiger charge is -2.41. The normalized spacial score (nSPS) is 47.0. The van der Waals surface area contributed by atoms with Crippen molar-refractivity contribution in [2.75, 3.05) is 13.2 Å². The number of aliphatic hydroxyl groups is 3. The smallest absolute Gasteiger partial charge is 0.186 e. The lowest BCUT2D eigenvalue weighted by molar-refractivity contribution is -0.287. The van der Waals surface area contributed by atoms with Gasteiger partial charge in [0.1, 0.15) is 6.10 Å². The molecular weight excluding hydrogens is 200 g/mol. The summed E-state index contributed by atoms with van der Waals surface area (Å²) in [6, 6.07) is 0. The van der Waals surface area contributed by atoms with Gasteiger partial charge in [0.2, 0.25) is 0 Å². The number of fused-ring (bicyclic) bond motifs is 6. The number of ether oxygens (including phenoxy) is 2. The summed E-state index contributed by atoms with van der Waals surface area (Å²) in [4.78, 5) is 0. The van der Waals surface area contributed by atoms with Crippen molar-refractivity contribution in [3.8, 4) is 0 Å². The van der Waals surface area contributed by atoms with E-state index in [1.807, 2.05) is 0 Å². The summed E-state index contributed by atoms with van der Waals surface area (Å²) in [6.45, 7) is 0.383. The average molecular weight is 218 g/mol. The molecule has 3 aliphatic heterocycles. The van der Waals surface area contributed by atoms with Gasteiger partial charge in [-0.3, -0.25) is 0 Å². The second kappa shape index (κ2) is 4.76. The van der Waals surface area contributed by atoms with Crippen molar-refractivity contribution in [2.24, 2.45) is 5.92 Å². The summed E-state index contributed by atoms with van der Waals surface area (Å²) < 4.78 is 10.7. The molecule has 2 bridgehead atoms. The summed E-state index contributed by atoms with van der Waals surface area (Å²) in [5, 5.41) is 28.8. The van der Waals surface area contributed by atoms with Crippen LogP contribution < -0.4 is 0 Å². The molecule has 2 unspecified atom stereocenters. The van der Waals surface area contributed by atoms with Crippen molar-refractivity contribution in [1.82, 2.24) is 0 Å². The SMILES string of the molecule is OC[C@H]1OC2OCCCCC1[C@H](O)[C@H]2O. The molecular formula is C10H18O5. The maximum Gasteiger partial charge on any atom is 0.186 e. The molecule has 5 atom stereocenters. The molecule has 5 nitrogen and oxygen atoms in total. The van der Waals surface area contributed by atoms with Crippen LogP contribution in [0.3, 0.4) is 0 Å². The molecule has 0 radical (unpaired) electrons. The van der Waals surface area contributed by atoms with E-state index < -0.39 is 24.6 Å². The highest BCUT2D eigenvalue weighted by molar-refractivity contribution is 4.89. The van der Waals surface area contributed by atoms with Crippen LogP contribution in [0.5, 0.6) is 0 Å². The van der Waals surface area contributed by atoms with Gasteiger partial charge in [-0.25, -0.2) is 0 Å². The topological polar surface area (TPSA) is 79.2 Å². The third kappa shape index (κ3) is 2.16. The van der Waals surface area contributed by atoms with E-state index in [0.717, 1.165) is 19.3 Å². The van der Waals surface area contributed by atoms with Gasteiger partial charge in [0, 0.05) is 12.5 Å². The quantitative estimate of drug-likeness (QED) is 0.539. The second-order valence-corrected chi connectivity index (χ2v) is 4.24. The number of rotatable bonds is 1. The van der Waals surface area contributed by atoms with Gasteiger partial charge < -0.3 is 24.8 Å². The van der Waals surface area contributed by atoms with E-state index in [0.29, 0.717) is 6.61 Å². The zero-order chi connectivity index (χ0) is 10.8. The van der Waals surface area contributed by atoms with E-state index in [4.69, 9.17) is 14.6 Å². The molecule has 0 aromatic carbocycles. The van der Waals surface area contributed by atoms with Crippen LogP contribution in [0.1, 0.15) is 19.3 Å². The number of hydrogen-bond donors (Lipinski definition) is 3. The Labute approximate surface area is 88.6 Å². The molecule has 3 rings (SSSR count). The van der Waals surface area contributed by atoms with E-state index in [1.165, 1.54) is 0 Å². The van der Waals surface area contributed by atoms with Crippen LogP contribution in [0.4, 0.5) is 0 Å². The minimum Gasteiger partial charge on any atom is -0.394 e. The van der Waals surface area contributed by atoms with Crippen LogP contribution in [-0.2, 0) is 9.47 Å². The third-order valence-corrected chi connectivity index (χ3v) is 3.25. The van der Waals surface area contributed by atoms with Crippen molar-refractivity contribution in [2.45, 2.75) is 43.9 Å². The molecule has 0 amide bonds. The zero-order valence-corrected chi connectivity index (χ0v) is 8.58. The van der Waals surface area contributed by atoms with Crippen molar-refractivity contribution in [3.05, 3.63) is 0 Å². The highest BCUT2D eigenvalue weighted by Gasteiger charge is 2.44. The Kier molecular flexibility index (Phi) is 3.58. The zero-order valence-electron chi connectivity index (χ0n) is 8.58. The molecule has 3 fully saturated rings. The first kappa shape index (κ1) is 11.3. The Hall–Kier alpha value is -0.200. The van der Waals surface area contributed by atoms with Crippen molar-refractivity contribution >= 4 is 0 Å². The van der Waals surface area contributed by atoms with Crippen molar-refractivity contribution in [3.63, 3.8) is 0 Å². The molecule has 3 saturated heterocycles. The average Bonchev–Trinajstić information content (AvgIpc) is 2.38. The fourth-order valence-corrected chi connectivity index (χ4v) is 2.34. The van der Waals surface area contributed by atoms with E-state index in [1.54, 1.807) is 0 Å². The fraction of sp³-hybridized carbons (Fsp3) is 1.00. The van der Waals surface area contributed by atoms with Crippen LogP contribution in [0, 0.1) is 5.92 Å². The molecule has 0 aliphatic carbocycles. The van der Waals surface area contributed by atoms with Gasteiger partial charge in [0.25, 0.3) is 0 Å². The molecule has 15 heavy (non-hydrogen) atoms. The van der Waals surface area contributed by atoms with Gasteiger partial charge in [-0.15, -0.1) is 0 Å². The highest BCUT2D eigenvalue weighted by atomic mass is 16.7. The fourth-order valence-electron chi connectivity index (χ4n) is 2.34. The first-order valence-electron chi connectivity index (χ1n) is 5.48. The van der Waals surface area contributed by atoms with Crippen LogP contribution in [0.15, 0.2) is 0 Å².